The molecular formula is C18H21FN4O2. The van der Waals surface area contributed by atoms with Gasteiger partial charge in [-0.15, -0.1) is 5.10 Å². The normalized spacial score (nSPS) is 18.2. The number of rotatable bonds is 2. The quantitative estimate of drug-likeness (QED) is 0.840. The molecule has 1 saturated heterocycles. The average molecular weight is 344 g/mol. The first-order valence-corrected chi connectivity index (χ1v) is 8.74. The summed E-state index contributed by atoms with van der Waals surface area (Å²) in [6.45, 7) is 3.60. The fraction of sp³-hybridized carbons (Fsp3) is 0.500. The lowest BCUT2D eigenvalue weighted by Crippen LogP contribution is -2.36. The minimum atomic E-state index is -0.317. The Bertz CT molecular complexity index is 798. The van der Waals surface area contributed by atoms with Gasteiger partial charge in [0.15, 0.2) is 5.69 Å². The van der Waals surface area contributed by atoms with E-state index in [9.17, 15) is 9.18 Å². The number of hydrogen-bond donors (Lipinski definition) is 0. The maximum atomic E-state index is 14.7. The van der Waals surface area contributed by atoms with E-state index in [1.54, 1.807) is 23.9 Å². The number of carbonyl (C=O) groups excluding carboxylic acids is 1. The molecule has 0 N–H and O–H groups in total. The van der Waals surface area contributed by atoms with E-state index < -0.39 is 0 Å². The molecule has 0 spiro atoms. The molecular weight excluding hydrogens is 323 g/mol. The number of ether oxygens (including phenoxy) is 1. The number of carbonyl (C=O) groups is 1. The highest BCUT2D eigenvalue weighted by Crippen LogP contribution is 2.32. The molecule has 2 aliphatic rings. The predicted octanol–water partition coefficient (Wildman–Crippen LogP) is 2.67. The first kappa shape index (κ1) is 16.2. The molecule has 1 amide bonds. The summed E-state index contributed by atoms with van der Waals surface area (Å²) in [5, 5.41) is 8.17. The van der Waals surface area contributed by atoms with Crippen LogP contribution in [-0.4, -0.2) is 40.7 Å². The summed E-state index contributed by atoms with van der Waals surface area (Å²) < 4.78 is 21.8. The Morgan fingerprint density at radius 1 is 1.32 bits per heavy atom. The number of halogens is 1. The van der Waals surface area contributed by atoms with Crippen LogP contribution in [0.4, 0.5) is 10.1 Å². The summed E-state index contributed by atoms with van der Waals surface area (Å²) in [7, 11) is 0. The van der Waals surface area contributed by atoms with Gasteiger partial charge in [0.2, 0.25) is 0 Å². The summed E-state index contributed by atoms with van der Waals surface area (Å²) >= 11 is 0. The fourth-order valence-electron chi connectivity index (χ4n) is 3.58. The Labute approximate surface area is 145 Å². The molecule has 0 unspecified atom stereocenters. The zero-order valence-electron chi connectivity index (χ0n) is 14.2. The average Bonchev–Trinajstić information content (AvgIpc) is 3.15. The van der Waals surface area contributed by atoms with Gasteiger partial charge < -0.3 is 9.64 Å². The first-order valence-electron chi connectivity index (χ1n) is 8.74. The monoisotopic (exact) mass is 344 g/mol. The lowest BCUT2D eigenvalue weighted by molar-refractivity contribution is 0.0657. The highest BCUT2D eigenvalue weighted by molar-refractivity contribution is 6.05. The zero-order chi connectivity index (χ0) is 17.4. The number of amides is 1. The highest BCUT2D eigenvalue weighted by atomic mass is 19.1. The van der Waals surface area contributed by atoms with E-state index in [0.717, 1.165) is 31.2 Å². The molecule has 0 aliphatic carbocycles. The summed E-state index contributed by atoms with van der Waals surface area (Å²) in [5.41, 5.74) is 2.08. The van der Waals surface area contributed by atoms with Gasteiger partial charge in [-0.25, -0.2) is 9.07 Å². The largest absolute Gasteiger partial charge is 0.381 e. The van der Waals surface area contributed by atoms with E-state index in [1.807, 2.05) is 6.07 Å². The molecule has 0 bridgehead atoms. The van der Waals surface area contributed by atoms with Crippen molar-refractivity contribution >= 4 is 11.6 Å². The highest BCUT2D eigenvalue weighted by Gasteiger charge is 2.29. The van der Waals surface area contributed by atoms with Gasteiger partial charge in [-0.3, -0.25) is 4.79 Å². The van der Waals surface area contributed by atoms with Gasteiger partial charge in [0.25, 0.3) is 5.91 Å². The second-order valence-corrected chi connectivity index (χ2v) is 6.69. The molecule has 1 aromatic heterocycles. The minimum absolute atomic E-state index is 0.204. The number of hydrogen-bond acceptors (Lipinski definition) is 4. The molecule has 1 aromatic carbocycles. The number of fused-ring (bicyclic) bond motifs is 1. The van der Waals surface area contributed by atoms with Crippen LogP contribution in [-0.2, 0) is 11.2 Å². The van der Waals surface area contributed by atoms with Gasteiger partial charge in [-0.2, -0.15) is 0 Å². The molecule has 1 fully saturated rings. The number of aryl methyl sites for hydroxylation is 2. The van der Waals surface area contributed by atoms with Crippen LogP contribution in [0.5, 0.6) is 0 Å². The van der Waals surface area contributed by atoms with Gasteiger partial charge in [-0.1, -0.05) is 17.3 Å². The number of benzene rings is 1. The van der Waals surface area contributed by atoms with E-state index in [0.29, 0.717) is 31.0 Å². The summed E-state index contributed by atoms with van der Waals surface area (Å²) in [6.07, 6.45) is 5.00. The fourth-order valence-corrected chi connectivity index (χ4v) is 3.58. The molecule has 25 heavy (non-hydrogen) atoms. The zero-order valence-corrected chi connectivity index (χ0v) is 14.2. The van der Waals surface area contributed by atoms with Crippen molar-refractivity contribution in [2.75, 3.05) is 24.7 Å². The van der Waals surface area contributed by atoms with Crippen molar-refractivity contribution in [1.82, 2.24) is 15.0 Å². The molecule has 0 atom stereocenters. The molecule has 7 heteroatoms. The molecule has 6 nitrogen and oxygen atoms in total. The van der Waals surface area contributed by atoms with E-state index in [4.69, 9.17) is 4.74 Å². The van der Waals surface area contributed by atoms with E-state index in [1.165, 1.54) is 4.90 Å². The van der Waals surface area contributed by atoms with Crippen LogP contribution in [0.1, 0.15) is 46.9 Å². The maximum Gasteiger partial charge on any atom is 0.280 e. The third kappa shape index (κ3) is 2.93. The maximum absolute atomic E-state index is 14.7. The predicted molar refractivity (Wildman–Crippen MR) is 90.2 cm³/mol. The molecule has 2 aliphatic heterocycles. The minimum Gasteiger partial charge on any atom is -0.381 e. The molecule has 4 rings (SSSR count). The summed E-state index contributed by atoms with van der Waals surface area (Å²) in [4.78, 5) is 14.5. The Morgan fingerprint density at radius 2 is 2.12 bits per heavy atom. The van der Waals surface area contributed by atoms with Gasteiger partial charge in [-0.05, 0) is 43.7 Å². The van der Waals surface area contributed by atoms with Crippen LogP contribution in [0.25, 0.3) is 0 Å². The summed E-state index contributed by atoms with van der Waals surface area (Å²) in [6, 6.07) is 3.88. The van der Waals surface area contributed by atoms with Crippen LogP contribution >= 0.6 is 0 Å². The number of nitrogens with zero attached hydrogens (tertiary/aromatic N) is 4. The lowest BCUT2D eigenvalue weighted by atomic mass is 9.99. The third-order valence-corrected chi connectivity index (χ3v) is 5.03. The molecule has 132 valence electrons. The van der Waals surface area contributed by atoms with E-state index in [-0.39, 0.29) is 23.5 Å². The standard InChI is InChI=1S/C18H21FN4O2/c1-12-4-5-13-3-2-8-22(17(13)16(12)19)18(24)15-11-23(21-20-15)14-6-9-25-10-7-14/h4-5,11,14H,2-3,6-10H2,1H3. The van der Waals surface area contributed by atoms with Crippen LogP contribution in [0.3, 0.4) is 0 Å². The Morgan fingerprint density at radius 3 is 2.92 bits per heavy atom. The summed E-state index contributed by atoms with van der Waals surface area (Å²) in [5.74, 6) is -0.605. The number of aromatic nitrogens is 3. The first-order chi connectivity index (χ1) is 12.1. The van der Waals surface area contributed by atoms with E-state index >= 15 is 0 Å². The second-order valence-electron chi connectivity index (χ2n) is 6.69. The van der Waals surface area contributed by atoms with Gasteiger partial charge in [0.1, 0.15) is 5.82 Å². The lowest BCUT2D eigenvalue weighted by Gasteiger charge is -2.29. The van der Waals surface area contributed by atoms with Crippen molar-refractivity contribution in [1.29, 1.82) is 0 Å². The van der Waals surface area contributed by atoms with Crippen molar-refractivity contribution in [3.63, 3.8) is 0 Å². The Kier molecular flexibility index (Phi) is 4.25. The van der Waals surface area contributed by atoms with Gasteiger partial charge >= 0.3 is 0 Å². The number of anilines is 1. The Hall–Kier alpha value is -2.28. The SMILES string of the molecule is Cc1ccc2c(c1F)N(C(=O)c1cn(C3CCOCC3)nn1)CCC2. The van der Waals surface area contributed by atoms with Crippen LogP contribution < -0.4 is 4.90 Å². The second kappa shape index (κ2) is 6.55. The van der Waals surface area contributed by atoms with Gasteiger partial charge in [0.05, 0.1) is 17.9 Å². The van der Waals surface area contributed by atoms with Crippen LogP contribution in [0.15, 0.2) is 18.3 Å². The van der Waals surface area contributed by atoms with Crippen LogP contribution in [0, 0.1) is 12.7 Å². The van der Waals surface area contributed by atoms with Crippen molar-refractivity contribution < 1.29 is 13.9 Å². The molecule has 3 heterocycles. The van der Waals surface area contributed by atoms with Crippen LogP contribution in [0.2, 0.25) is 0 Å². The van der Waals surface area contributed by atoms with Gasteiger partial charge in [0, 0.05) is 19.8 Å². The Balaban J connectivity index is 1.62. The van der Waals surface area contributed by atoms with E-state index in [2.05, 4.69) is 10.3 Å². The van der Waals surface area contributed by atoms with Crippen molar-refractivity contribution in [3.05, 3.63) is 41.0 Å². The smallest absolute Gasteiger partial charge is 0.280 e. The van der Waals surface area contributed by atoms with Crippen molar-refractivity contribution in [2.24, 2.45) is 0 Å². The molecule has 0 saturated carbocycles. The third-order valence-electron chi connectivity index (χ3n) is 5.03. The van der Waals surface area contributed by atoms with Crippen molar-refractivity contribution in [3.8, 4) is 0 Å². The molecule has 2 aromatic rings. The molecule has 0 radical (unpaired) electrons. The topological polar surface area (TPSA) is 60.2 Å². The van der Waals surface area contributed by atoms with Crippen molar-refractivity contribution in [2.45, 2.75) is 38.6 Å².